The summed E-state index contributed by atoms with van der Waals surface area (Å²) >= 11 is 0. The van der Waals surface area contributed by atoms with Crippen LogP contribution in [0.4, 0.5) is 4.79 Å². The Balaban J connectivity index is 2.40. The van der Waals surface area contributed by atoms with Crippen LogP contribution in [0.3, 0.4) is 0 Å². The predicted octanol–water partition coefficient (Wildman–Crippen LogP) is 0.0504. The number of nitrogens with two attached hydrogens (primary N) is 1. The van der Waals surface area contributed by atoms with Gasteiger partial charge in [0.25, 0.3) is 0 Å². The minimum absolute atomic E-state index is 0.0860. The van der Waals surface area contributed by atoms with E-state index < -0.39 is 23.3 Å². The average Bonchev–Trinajstić information content (AvgIpc) is 3.08. The normalized spacial score (nSPS) is 16.5. The van der Waals surface area contributed by atoms with E-state index in [9.17, 15) is 14.4 Å². The van der Waals surface area contributed by atoms with Gasteiger partial charge in [-0.15, -0.1) is 0 Å². The highest BCUT2D eigenvalue weighted by molar-refractivity contribution is 5.81. The van der Waals surface area contributed by atoms with Gasteiger partial charge >= 0.3 is 12.0 Å². The molecule has 1 aliphatic rings. The van der Waals surface area contributed by atoms with Crippen molar-refractivity contribution >= 4 is 17.9 Å². The Morgan fingerprint density at radius 1 is 1.37 bits per heavy atom. The number of urea groups is 1. The molecule has 0 aliphatic heterocycles. The number of carboxylic acids is 1. The van der Waals surface area contributed by atoms with E-state index in [2.05, 4.69) is 10.6 Å². The van der Waals surface area contributed by atoms with Crippen molar-refractivity contribution in [3.63, 3.8) is 0 Å². The fourth-order valence-electron chi connectivity index (χ4n) is 1.63. The van der Waals surface area contributed by atoms with E-state index >= 15 is 0 Å². The molecule has 0 spiro atoms. The van der Waals surface area contributed by atoms with Gasteiger partial charge in [0.1, 0.15) is 0 Å². The molecule has 7 nitrogen and oxygen atoms in total. The van der Waals surface area contributed by atoms with Crippen LogP contribution in [0.15, 0.2) is 0 Å². The second kappa shape index (κ2) is 5.90. The van der Waals surface area contributed by atoms with Crippen molar-refractivity contribution in [1.82, 2.24) is 10.6 Å². The number of aliphatic carboxylic acids is 1. The quantitative estimate of drug-likeness (QED) is 0.522. The zero-order chi connectivity index (χ0) is 14.6. The lowest BCUT2D eigenvalue weighted by Gasteiger charge is -2.22. The Bertz CT molecular complexity index is 377. The van der Waals surface area contributed by atoms with Crippen LogP contribution in [-0.4, -0.2) is 35.6 Å². The monoisotopic (exact) mass is 271 g/mol. The van der Waals surface area contributed by atoms with Crippen molar-refractivity contribution in [1.29, 1.82) is 0 Å². The van der Waals surface area contributed by atoms with Gasteiger partial charge in [-0.1, -0.05) is 0 Å². The second-order valence-corrected chi connectivity index (χ2v) is 5.62. The molecule has 0 heterocycles. The molecule has 3 amide bonds. The topological polar surface area (TPSA) is 122 Å². The minimum atomic E-state index is -0.935. The fraction of sp³-hybridized carbons (Fsp3) is 0.750. The number of amides is 3. The predicted molar refractivity (Wildman–Crippen MR) is 68.3 cm³/mol. The van der Waals surface area contributed by atoms with Gasteiger partial charge in [0.05, 0.1) is 11.8 Å². The van der Waals surface area contributed by atoms with Gasteiger partial charge in [0, 0.05) is 12.6 Å². The van der Waals surface area contributed by atoms with Crippen LogP contribution in [0.2, 0.25) is 0 Å². The average molecular weight is 271 g/mol. The van der Waals surface area contributed by atoms with Crippen LogP contribution in [0.1, 0.15) is 33.1 Å². The van der Waals surface area contributed by atoms with Gasteiger partial charge in [0.15, 0.2) is 0 Å². The van der Waals surface area contributed by atoms with E-state index in [4.69, 9.17) is 10.8 Å². The van der Waals surface area contributed by atoms with E-state index in [0.717, 1.165) is 12.8 Å². The van der Waals surface area contributed by atoms with Crippen molar-refractivity contribution in [3.05, 3.63) is 0 Å². The molecule has 0 radical (unpaired) electrons. The molecule has 0 bridgehead atoms. The van der Waals surface area contributed by atoms with Crippen molar-refractivity contribution in [2.45, 2.75) is 39.2 Å². The lowest BCUT2D eigenvalue weighted by Crippen LogP contribution is -2.49. The van der Waals surface area contributed by atoms with Crippen molar-refractivity contribution in [2.75, 3.05) is 6.54 Å². The summed E-state index contributed by atoms with van der Waals surface area (Å²) in [7, 11) is 0. The number of primary amides is 1. The summed E-state index contributed by atoms with van der Waals surface area (Å²) in [6.07, 6.45) is 1.79. The number of rotatable bonds is 7. The zero-order valence-corrected chi connectivity index (χ0v) is 11.2. The molecule has 1 aliphatic carbocycles. The van der Waals surface area contributed by atoms with Crippen LogP contribution in [0.5, 0.6) is 0 Å². The molecule has 1 fully saturated rings. The highest BCUT2D eigenvalue weighted by Crippen LogP contribution is 2.33. The lowest BCUT2D eigenvalue weighted by atomic mass is 9.93. The molecule has 108 valence electrons. The van der Waals surface area contributed by atoms with Crippen LogP contribution in [0, 0.1) is 11.3 Å². The molecule has 19 heavy (non-hydrogen) atoms. The van der Waals surface area contributed by atoms with Gasteiger partial charge in [-0.25, -0.2) is 4.79 Å². The molecule has 1 atom stereocenters. The molecule has 1 rings (SSSR count). The van der Waals surface area contributed by atoms with E-state index in [1.54, 1.807) is 13.8 Å². The Morgan fingerprint density at radius 2 is 1.95 bits per heavy atom. The molecule has 7 heteroatoms. The number of nitrogens with one attached hydrogen (secondary N) is 2. The summed E-state index contributed by atoms with van der Waals surface area (Å²) in [5, 5.41) is 14.0. The summed E-state index contributed by atoms with van der Waals surface area (Å²) in [6, 6.07) is -0.818. The van der Waals surface area contributed by atoms with Gasteiger partial charge in [-0.3, -0.25) is 9.59 Å². The highest BCUT2D eigenvalue weighted by atomic mass is 16.4. The second-order valence-electron chi connectivity index (χ2n) is 5.62. The third-order valence-electron chi connectivity index (χ3n) is 3.26. The molecule has 1 saturated carbocycles. The maximum absolute atomic E-state index is 11.7. The maximum Gasteiger partial charge on any atom is 0.315 e. The first-order chi connectivity index (χ1) is 8.72. The highest BCUT2D eigenvalue weighted by Gasteiger charge is 2.34. The standard InChI is InChI=1S/C12H21N3O4/c1-12(2,10(13)18)6-14-11(19)15-8(5-9(16)17)7-3-4-7/h7-8H,3-6H2,1-2H3,(H2,13,18)(H,16,17)(H2,14,15,19). The molecular weight excluding hydrogens is 250 g/mol. The molecule has 0 aromatic heterocycles. The third-order valence-corrected chi connectivity index (χ3v) is 3.26. The SMILES string of the molecule is CC(C)(CNC(=O)NC(CC(=O)O)C1CC1)C(N)=O. The Labute approximate surface area is 111 Å². The summed E-state index contributed by atoms with van der Waals surface area (Å²) in [5.74, 6) is -1.20. The number of carbonyl (C=O) groups excluding carboxylic acids is 2. The number of hydrogen-bond acceptors (Lipinski definition) is 3. The van der Waals surface area contributed by atoms with E-state index in [1.165, 1.54) is 0 Å². The number of hydrogen-bond donors (Lipinski definition) is 4. The van der Waals surface area contributed by atoms with Crippen molar-refractivity contribution in [3.8, 4) is 0 Å². The molecule has 5 N–H and O–H groups in total. The Morgan fingerprint density at radius 3 is 2.37 bits per heavy atom. The van der Waals surface area contributed by atoms with Crippen LogP contribution in [-0.2, 0) is 9.59 Å². The largest absolute Gasteiger partial charge is 0.481 e. The molecule has 0 saturated heterocycles. The zero-order valence-electron chi connectivity index (χ0n) is 11.2. The summed E-state index contributed by atoms with van der Waals surface area (Å²) in [6.45, 7) is 3.37. The summed E-state index contributed by atoms with van der Waals surface area (Å²) in [5.41, 5.74) is 4.36. The van der Waals surface area contributed by atoms with Crippen molar-refractivity contribution in [2.24, 2.45) is 17.1 Å². The first kappa shape index (κ1) is 15.3. The molecule has 0 aromatic carbocycles. The smallest absolute Gasteiger partial charge is 0.315 e. The maximum atomic E-state index is 11.7. The number of carbonyl (C=O) groups is 3. The molecular formula is C12H21N3O4. The van der Waals surface area contributed by atoms with Crippen LogP contribution < -0.4 is 16.4 Å². The van der Waals surface area contributed by atoms with Gasteiger partial charge in [-0.05, 0) is 32.6 Å². The Kier molecular flexibility index (Phi) is 4.74. The van der Waals surface area contributed by atoms with E-state index in [0.29, 0.717) is 0 Å². The molecule has 1 unspecified atom stereocenters. The minimum Gasteiger partial charge on any atom is -0.481 e. The first-order valence-electron chi connectivity index (χ1n) is 6.28. The lowest BCUT2D eigenvalue weighted by molar-refractivity contribution is -0.137. The van der Waals surface area contributed by atoms with E-state index in [-0.39, 0.29) is 24.9 Å². The first-order valence-corrected chi connectivity index (χ1v) is 6.28. The van der Waals surface area contributed by atoms with Gasteiger partial charge in [-0.2, -0.15) is 0 Å². The van der Waals surface area contributed by atoms with E-state index in [1.807, 2.05) is 0 Å². The molecule has 0 aromatic rings. The van der Waals surface area contributed by atoms with Crippen LogP contribution in [0.25, 0.3) is 0 Å². The fourth-order valence-corrected chi connectivity index (χ4v) is 1.63. The van der Waals surface area contributed by atoms with Crippen molar-refractivity contribution < 1.29 is 19.5 Å². The Hall–Kier alpha value is -1.79. The van der Waals surface area contributed by atoms with Gasteiger partial charge in [0.2, 0.25) is 5.91 Å². The van der Waals surface area contributed by atoms with Crippen LogP contribution >= 0.6 is 0 Å². The summed E-state index contributed by atoms with van der Waals surface area (Å²) in [4.78, 5) is 33.5. The van der Waals surface area contributed by atoms with Gasteiger partial charge < -0.3 is 21.5 Å². The number of carboxylic acid groups (broad SMARTS) is 1. The summed E-state index contributed by atoms with van der Waals surface area (Å²) < 4.78 is 0. The third kappa shape index (κ3) is 5.15.